The standard InChI is InChI=1S/C22H38/c1-21(2)15-9-8-14-20(21)22(3)18-12-6-4-10-16(18)17-11-5-7-13-19(17)22/h16-20H,4-15H2,1-3H3. The smallest absolute Gasteiger partial charge is 0.0230 e. The zero-order valence-corrected chi connectivity index (χ0v) is 15.4. The molecule has 0 aromatic rings. The van der Waals surface area contributed by atoms with Gasteiger partial charge in [-0.1, -0.05) is 59.3 Å². The van der Waals surface area contributed by atoms with Crippen molar-refractivity contribution in [2.75, 3.05) is 0 Å². The van der Waals surface area contributed by atoms with Crippen LogP contribution in [0.3, 0.4) is 0 Å². The molecule has 0 N–H and O–H groups in total. The molecule has 4 aliphatic rings. The Balaban J connectivity index is 1.73. The maximum absolute atomic E-state index is 2.80. The predicted octanol–water partition coefficient (Wildman–Crippen LogP) is 6.84. The Hall–Kier alpha value is 0. The molecule has 4 saturated carbocycles. The summed E-state index contributed by atoms with van der Waals surface area (Å²) < 4.78 is 0. The minimum Gasteiger partial charge on any atom is -0.0596 e. The Morgan fingerprint density at radius 3 is 1.64 bits per heavy atom. The fourth-order valence-corrected chi connectivity index (χ4v) is 8.33. The molecule has 0 aromatic carbocycles. The molecule has 0 amide bonds. The third-order valence-electron chi connectivity index (χ3n) is 9.04. The lowest BCUT2D eigenvalue weighted by Crippen LogP contribution is -2.47. The lowest BCUT2D eigenvalue weighted by Gasteiger charge is -2.54. The van der Waals surface area contributed by atoms with E-state index in [-0.39, 0.29) is 0 Å². The molecule has 0 spiro atoms. The summed E-state index contributed by atoms with van der Waals surface area (Å²) in [5.74, 6) is 5.39. The number of hydrogen-bond acceptors (Lipinski definition) is 0. The highest BCUT2D eigenvalue weighted by molar-refractivity contribution is 5.10. The first-order valence-electron chi connectivity index (χ1n) is 10.5. The molecule has 0 bridgehead atoms. The Bertz CT molecular complexity index is 384. The van der Waals surface area contributed by atoms with Crippen LogP contribution in [0.5, 0.6) is 0 Å². The van der Waals surface area contributed by atoms with E-state index < -0.39 is 0 Å². The van der Waals surface area contributed by atoms with Crippen LogP contribution in [0.25, 0.3) is 0 Å². The van der Waals surface area contributed by atoms with Crippen LogP contribution in [-0.4, -0.2) is 0 Å². The van der Waals surface area contributed by atoms with Crippen molar-refractivity contribution >= 4 is 0 Å². The van der Waals surface area contributed by atoms with Crippen molar-refractivity contribution in [3.8, 4) is 0 Å². The maximum atomic E-state index is 2.80. The minimum atomic E-state index is 0.599. The number of fused-ring (bicyclic) bond motifs is 3. The van der Waals surface area contributed by atoms with Gasteiger partial charge in [0.25, 0.3) is 0 Å². The van der Waals surface area contributed by atoms with Crippen molar-refractivity contribution in [2.24, 2.45) is 40.4 Å². The molecule has 0 heteroatoms. The highest BCUT2D eigenvalue weighted by atomic mass is 14.7. The normalized spacial score (nSPS) is 51.1. The molecule has 0 heterocycles. The van der Waals surface area contributed by atoms with E-state index in [9.17, 15) is 0 Å². The first-order chi connectivity index (χ1) is 10.5. The zero-order valence-electron chi connectivity index (χ0n) is 15.4. The van der Waals surface area contributed by atoms with E-state index in [0.29, 0.717) is 10.8 Å². The lowest BCUT2D eigenvalue weighted by molar-refractivity contribution is -0.0553. The third kappa shape index (κ3) is 2.15. The summed E-state index contributed by atoms with van der Waals surface area (Å²) in [6, 6.07) is 0. The summed E-state index contributed by atoms with van der Waals surface area (Å²) in [7, 11) is 0. The van der Waals surface area contributed by atoms with Gasteiger partial charge in [0, 0.05) is 0 Å². The topological polar surface area (TPSA) is 0 Å². The number of hydrogen-bond donors (Lipinski definition) is 0. The molecule has 4 fully saturated rings. The van der Waals surface area contributed by atoms with Crippen LogP contribution in [0.4, 0.5) is 0 Å². The van der Waals surface area contributed by atoms with Crippen LogP contribution < -0.4 is 0 Å². The average Bonchev–Trinajstić information content (AvgIpc) is 2.78. The van der Waals surface area contributed by atoms with Crippen molar-refractivity contribution in [3.05, 3.63) is 0 Å². The van der Waals surface area contributed by atoms with Crippen molar-refractivity contribution in [3.63, 3.8) is 0 Å². The van der Waals surface area contributed by atoms with Crippen LogP contribution >= 0.6 is 0 Å². The average molecular weight is 303 g/mol. The van der Waals surface area contributed by atoms with E-state index in [1.165, 1.54) is 51.4 Å². The molecule has 0 nitrogen and oxygen atoms in total. The molecular weight excluding hydrogens is 264 g/mol. The van der Waals surface area contributed by atoms with Gasteiger partial charge >= 0.3 is 0 Å². The lowest BCUT2D eigenvalue weighted by atomic mass is 9.50. The molecule has 5 unspecified atom stereocenters. The van der Waals surface area contributed by atoms with E-state index in [1.807, 2.05) is 0 Å². The Morgan fingerprint density at radius 2 is 1.09 bits per heavy atom. The molecule has 4 aliphatic carbocycles. The molecule has 0 aromatic heterocycles. The second-order valence-corrected chi connectivity index (χ2v) is 10.3. The van der Waals surface area contributed by atoms with Crippen LogP contribution in [0.15, 0.2) is 0 Å². The van der Waals surface area contributed by atoms with Crippen LogP contribution in [-0.2, 0) is 0 Å². The Morgan fingerprint density at radius 1 is 0.591 bits per heavy atom. The minimum absolute atomic E-state index is 0.599. The first kappa shape index (κ1) is 15.5. The van der Waals surface area contributed by atoms with Gasteiger partial charge in [-0.25, -0.2) is 0 Å². The second-order valence-electron chi connectivity index (χ2n) is 10.3. The molecule has 4 rings (SSSR count). The summed E-state index contributed by atoms with van der Waals surface area (Å²) in [6.07, 6.45) is 18.5. The van der Waals surface area contributed by atoms with Crippen LogP contribution in [0.1, 0.15) is 97.8 Å². The van der Waals surface area contributed by atoms with Gasteiger partial charge in [0.15, 0.2) is 0 Å². The summed E-state index contributed by atoms with van der Waals surface area (Å²) in [5, 5.41) is 0. The Kier molecular flexibility index (Phi) is 3.90. The first-order valence-corrected chi connectivity index (χ1v) is 10.5. The zero-order chi connectivity index (χ0) is 15.4. The third-order valence-corrected chi connectivity index (χ3v) is 9.04. The molecule has 0 radical (unpaired) electrons. The maximum Gasteiger partial charge on any atom is -0.0230 e. The molecule has 0 aliphatic heterocycles. The van der Waals surface area contributed by atoms with Gasteiger partial charge in [-0.2, -0.15) is 0 Å². The molecule has 0 saturated heterocycles. The van der Waals surface area contributed by atoms with Gasteiger partial charge in [0.2, 0.25) is 0 Å². The van der Waals surface area contributed by atoms with Crippen LogP contribution in [0, 0.1) is 40.4 Å². The van der Waals surface area contributed by atoms with Crippen LogP contribution in [0.2, 0.25) is 0 Å². The van der Waals surface area contributed by atoms with E-state index >= 15 is 0 Å². The van der Waals surface area contributed by atoms with Gasteiger partial charge in [-0.3, -0.25) is 0 Å². The second kappa shape index (κ2) is 5.52. The number of rotatable bonds is 1. The van der Waals surface area contributed by atoms with Crippen molar-refractivity contribution in [2.45, 2.75) is 97.8 Å². The summed E-state index contributed by atoms with van der Waals surface area (Å²) in [4.78, 5) is 0. The van der Waals surface area contributed by atoms with Crippen molar-refractivity contribution in [1.82, 2.24) is 0 Å². The summed E-state index contributed by atoms with van der Waals surface area (Å²) >= 11 is 0. The van der Waals surface area contributed by atoms with E-state index in [2.05, 4.69) is 20.8 Å². The van der Waals surface area contributed by atoms with Gasteiger partial charge in [0.05, 0.1) is 0 Å². The quantitative estimate of drug-likeness (QED) is 0.497. The van der Waals surface area contributed by atoms with Crippen molar-refractivity contribution in [1.29, 1.82) is 0 Å². The van der Waals surface area contributed by atoms with E-state index in [0.717, 1.165) is 29.6 Å². The highest BCUT2D eigenvalue weighted by Gasteiger charge is 2.62. The largest absolute Gasteiger partial charge is 0.0596 e. The van der Waals surface area contributed by atoms with Gasteiger partial charge in [-0.15, -0.1) is 0 Å². The summed E-state index contributed by atoms with van der Waals surface area (Å²) in [5.41, 5.74) is 1.28. The van der Waals surface area contributed by atoms with Gasteiger partial charge in [-0.05, 0) is 78.9 Å². The van der Waals surface area contributed by atoms with Gasteiger partial charge in [0.1, 0.15) is 0 Å². The van der Waals surface area contributed by atoms with E-state index in [4.69, 9.17) is 0 Å². The fraction of sp³-hybridized carbons (Fsp3) is 1.00. The molecule has 126 valence electrons. The highest BCUT2D eigenvalue weighted by Crippen LogP contribution is 2.69. The van der Waals surface area contributed by atoms with Gasteiger partial charge < -0.3 is 0 Å². The fourth-order valence-electron chi connectivity index (χ4n) is 8.33. The predicted molar refractivity (Wildman–Crippen MR) is 94.7 cm³/mol. The van der Waals surface area contributed by atoms with E-state index in [1.54, 1.807) is 25.7 Å². The monoisotopic (exact) mass is 302 g/mol. The van der Waals surface area contributed by atoms with Crippen molar-refractivity contribution < 1.29 is 0 Å². The molecule has 5 atom stereocenters. The Labute approximate surface area is 138 Å². The SMILES string of the molecule is CC1(C)CCCCC1C1(C)C2CCCCC2C2CCCCC21. The summed E-state index contributed by atoms with van der Waals surface area (Å²) in [6.45, 7) is 8.04. The molecule has 22 heavy (non-hydrogen) atoms. The molecular formula is C22H38.